The lowest BCUT2D eigenvalue weighted by atomic mass is 9.93. The quantitative estimate of drug-likeness (QED) is 0.845. The second-order valence-electron chi connectivity index (χ2n) is 7.49. The van der Waals surface area contributed by atoms with Crippen molar-refractivity contribution in [2.75, 3.05) is 26.2 Å². The molecule has 0 spiro atoms. The summed E-state index contributed by atoms with van der Waals surface area (Å²) in [7, 11) is 0. The highest BCUT2D eigenvalue weighted by atomic mass is 16.5. The molecule has 110 valence electrons. The Labute approximate surface area is 118 Å². The van der Waals surface area contributed by atoms with Gasteiger partial charge in [0.25, 0.3) is 0 Å². The Kier molecular flexibility index (Phi) is 3.89. The van der Waals surface area contributed by atoms with Crippen LogP contribution in [0.1, 0.15) is 46.5 Å². The number of nitrogens with one attached hydrogen (secondary N) is 1. The SMILES string of the molecule is CC(C)C1CNC(C2CC2)CN1CC1(C)CCCO1. The van der Waals surface area contributed by atoms with Gasteiger partial charge in [-0.2, -0.15) is 0 Å². The summed E-state index contributed by atoms with van der Waals surface area (Å²) < 4.78 is 6.02. The summed E-state index contributed by atoms with van der Waals surface area (Å²) in [6.07, 6.45) is 5.34. The van der Waals surface area contributed by atoms with Gasteiger partial charge in [-0.05, 0) is 44.4 Å². The van der Waals surface area contributed by atoms with Crippen LogP contribution in [0.4, 0.5) is 0 Å². The molecule has 3 heteroatoms. The van der Waals surface area contributed by atoms with Gasteiger partial charge >= 0.3 is 0 Å². The van der Waals surface area contributed by atoms with E-state index < -0.39 is 0 Å². The largest absolute Gasteiger partial charge is 0.374 e. The summed E-state index contributed by atoms with van der Waals surface area (Å²) in [5.74, 6) is 1.67. The Hall–Kier alpha value is -0.120. The van der Waals surface area contributed by atoms with Crippen LogP contribution in [0.5, 0.6) is 0 Å². The molecular formula is C16H30N2O. The molecule has 2 heterocycles. The molecule has 3 unspecified atom stereocenters. The van der Waals surface area contributed by atoms with Crippen LogP contribution in [-0.4, -0.2) is 48.8 Å². The van der Waals surface area contributed by atoms with E-state index in [1.54, 1.807) is 0 Å². The molecule has 3 fully saturated rings. The number of hydrogen-bond donors (Lipinski definition) is 1. The smallest absolute Gasteiger partial charge is 0.0781 e. The molecule has 3 atom stereocenters. The zero-order chi connectivity index (χ0) is 13.5. The molecule has 19 heavy (non-hydrogen) atoms. The van der Waals surface area contributed by atoms with Gasteiger partial charge in [0.2, 0.25) is 0 Å². The van der Waals surface area contributed by atoms with Crippen molar-refractivity contribution in [2.45, 2.75) is 64.1 Å². The highest BCUT2D eigenvalue weighted by molar-refractivity contribution is 4.97. The molecule has 0 aromatic carbocycles. The van der Waals surface area contributed by atoms with Crippen LogP contribution in [-0.2, 0) is 4.74 Å². The molecule has 0 bridgehead atoms. The Morgan fingerprint density at radius 2 is 2.16 bits per heavy atom. The molecule has 0 aromatic heterocycles. The number of rotatable bonds is 4. The third-order valence-corrected chi connectivity index (χ3v) is 5.29. The standard InChI is InChI=1S/C16H30N2O/c1-12(2)15-9-17-14(13-5-6-13)10-18(15)11-16(3)7-4-8-19-16/h12-15,17H,4-11H2,1-3H3. The van der Waals surface area contributed by atoms with Gasteiger partial charge in [-0.3, -0.25) is 4.90 Å². The van der Waals surface area contributed by atoms with E-state index >= 15 is 0 Å². The molecule has 3 nitrogen and oxygen atoms in total. The molecule has 0 amide bonds. The van der Waals surface area contributed by atoms with Crippen molar-refractivity contribution in [1.82, 2.24) is 10.2 Å². The Morgan fingerprint density at radius 3 is 2.74 bits per heavy atom. The van der Waals surface area contributed by atoms with Gasteiger partial charge in [0, 0.05) is 38.3 Å². The highest BCUT2D eigenvalue weighted by Crippen LogP contribution is 2.36. The lowest BCUT2D eigenvalue weighted by molar-refractivity contribution is -0.0351. The summed E-state index contributed by atoms with van der Waals surface area (Å²) in [6.45, 7) is 11.5. The minimum absolute atomic E-state index is 0.110. The summed E-state index contributed by atoms with van der Waals surface area (Å²) in [6, 6.07) is 1.41. The number of nitrogens with zero attached hydrogens (tertiary/aromatic N) is 1. The van der Waals surface area contributed by atoms with E-state index in [0.29, 0.717) is 6.04 Å². The Bertz CT molecular complexity index is 308. The lowest BCUT2D eigenvalue weighted by Crippen LogP contribution is -2.61. The molecule has 0 aromatic rings. The van der Waals surface area contributed by atoms with Crippen molar-refractivity contribution in [3.8, 4) is 0 Å². The zero-order valence-corrected chi connectivity index (χ0v) is 12.8. The molecular weight excluding hydrogens is 236 g/mol. The molecule has 3 aliphatic rings. The van der Waals surface area contributed by atoms with Crippen LogP contribution < -0.4 is 5.32 Å². The van der Waals surface area contributed by atoms with Gasteiger partial charge in [0.05, 0.1) is 5.60 Å². The van der Waals surface area contributed by atoms with Gasteiger partial charge in [0.1, 0.15) is 0 Å². The van der Waals surface area contributed by atoms with Gasteiger partial charge in [-0.1, -0.05) is 13.8 Å². The van der Waals surface area contributed by atoms with Gasteiger partial charge in [-0.25, -0.2) is 0 Å². The second kappa shape index (κ2) is 5.34. The van der Waals surface area contributed by atoms with E-state index in [9.17, 15) is 0 Å². The third-order valence-electron chi connectivity index (χ3n) is 5.29. The fourth-order valence-corrected chi connectivity index (χ4v) is 3.90. The number of piperazine rings is 1. The zero-order valence-electron chi connectivity index (χ0n) is 12.8. The average Bonchev–Trinajstić information content (AvgIpc) is 3.12. The maximum Gasteiger partial charge on any atom is 0.0781 e. The Balaban J connectivity index is 1.65. The van der Waals surface area contributed by atoms with Crippen LogP contribution in [0.3, 0.4) is 0 Å². The first-order chi connectivity index (χ1) is 9.07. The maximum absolute atomic E-state index is 6.02. The average molecular weight is 266 g/mol. The maximum atomic E-state index is 6.02. The molecule has 0 radical (unpaired) electrons. The van der Waals surface area contributed by atoms with Crippen LogP contribution in [0, 0.1) is 11.8 Å². The van der Waals surface area contributed by atoms with Crippen LogP contribution in [0.25, 0.3) is 0 Å². The van der Waals surface area contributed by atoms with E-state index in [0.717, 1.165) is 37.6 Å². The van der Waals surface area contributed by atoms with Crippen LogP contribution in [0.2, 0.25) is 0 Å². The molecule has 1 N–H and O–H groups in total. The molecule has 2 saturated heterocycles. The first-order valence-corrected chi connectivity index (χ1v) is 8.19. The van der Waals surface area contributed by atoms with Crippen LogP contribution >= 0.6 is 0 Å². The summed E-state index contributed by atoms with van der Waals surface area (Å²) in [4.78, 5) is 2.73. The topological polar surface area (TPSA) is 24.5 Å². The van der Waals surface area contributed by atoms with E-state index in [1.807, 2.05) is 0 Å². The Morgan fingerprint density at radius 1 is 1.37 bits per heavy atom. The fraction of sp³-hybridized carbons (Fsp3) is 1.00. The van der Waals surface area contributed by atoms with Crippen molar-refractivity contribution in [3.05, 3.63) is 0 Å². The third kappa shape index (κ3) is 3.14. The van der Waals surface area contributed by atoms with Gasteiger partial charge < -0.3 is 10.1 Å². The number of hydrogen-bond acceptors (Lipinski definition) is 3. The predicted octanol–water partition coefficient (Wildman–Crippen LogP) is 2.26. The first kappa shape index (κ1) is 13.8. The van der Waals surface area contributed by atoms with Crippen molar-refractivity contribution in [3.63, 3.8) is 0 Å². The fourth-order valence-electron chi connectivity index (χ4n) is 3.90. The second-order valence-corrected chi connectivity index (χ2v) is 7.49. The monoisotopic (exact) mass is 266 g/mol. The summed E-state index contributed by atoms with van der Waals surface area (Å²) in [5.41, 5.74) is 0.110. The number of ether oxygens (including phenoxy) is 1. The minimum Gasteiger partial charge on any atom is -0.374 e. The lowest BCUT2D eigenvalue weighted by Gasteiger charge is -2.45. The normalized spacial score (nSPS) is 41.1. The van der Waals surface area contributed by atoms with E-state index in [-0.39, 0.29) is 5.60 Å². The van der Waals surface area contributed by atoms with Crippen molar-refractivity contribution >= 4 is 0 Å². The van der Waals surface area contributed by atoms with Crippen molar-refractivity contribution in [1.29, 1.82) is 0 Å². The van der Waals surface area contributed by atoms with Crippen molar-refractivity contribution < 1.29 is 4.74 Å². The van der Waals surface area contributed by atoms with E-state index in [2.05, 4.69) is 31.0 Å². The highest BCUT2D eigenvalue weighted by Gasteiger charge is 2.41. The summed E-state index contributed by atoms with van der Waals surface area (Å²) >= 11 is 0. The summed E-state index contributed by atoms with van der Waals surface area (Å²) in [5, 5.41) is 3.80. The molecule has 1 saturated carbocycles. The van der Waals surface area contributed by atoms with Gasteiger partial charge in [0.15, 0.2) is 0 Å². The van der Waals surface area contributed by atoms with E-state index in [1.165, 1.54) is 32.2 Å². The predicted molar refractivity (Wildman–Crippen MR) is 78.3 cm³/mol. The van der Waals surface area contributed by atoms with Crippen molar-refractivity contribution in [2.24, 2.45) is 11.8 Å². The molecule has 2 aliphatic heterocycles. The molecule has 1 aliphatic carbocycles. The first-order valence-electron chi connectivity index (χ1n) is 8.19. The van der Waals surface area contributed by atoms with E-state index in [4.69, 9.17) is 4.74 Å². The van der Waals surface area contributed by atoms with Gasteiger partial charge in [-0.15, -0.1) is 0 Å². The molecule has 3 rings (SSSR count). The van der Waals surface area contributed by atoms with Crippen LogP contribution in [0.15, 0.2) is 0 Å². The minimum atomic E-state index is 0.110.